The molecule has 1 rings (SSSR count). The summed E-state index contributed by atoms with van der Waals surface area (Å²) in [5.41, 5.74) is -0.328. The molecule has 18 heavy (non-hydrogen) atoms. The molecule has 1 saturated heterocycles. The number of hydrogen-bond acceptors (Lipinski definition) is 3. The Bertz CT molecular complexity index is 302. The largest absolute Gasteiger partial charge is 0.333 e. The minimum atomic E-state index is -0.419. The molecule has 0 atom stereocenters. The Morgan fingerprint density at radius 3 is 2.28 bits per heavy atom. The van der Waals surface area contributed by atoms with Crippen LogP contribution < -0.4 is 10.6 Å². The van der Waals surface area contributed by atoms with Crippen molar-refractivity contribution in [3.8, 4) is 0 Å². The maximum absolute atomic E-state index is 11.7. The van der Waals surface area contributed by atoms with Gasteiger partial charge in [0.2, 0.25) is 5.91 Å². The number of nitrogens with zero attached hydrogens (tertiary/aromatic N) is 1. The minimum Gasteiger partial charge on any atom is -0.333 e. The highest BCUT2D eigenvalue weighted by Gasteiger charge is 2.20. The number of piperidine rings is 1. The van der Waals surface area contributed by atoms with Gasteiger partial charge >= 0.3 is 6.03 Å². The summed E-state index contributed by atoms with van der Waals surface area (Å²) in [6.07, 6.45) is 2.25. The van der Waals surface area contributed by atoms with Crippen LogP contribution >= 0.6 is 0 Å². The van der Waals surface area contributed by atoms with E-state index in [-0.39, 0.29) is 11.4 Å². The lowest BCUT2D eigenvalue weighted by molar-refractivity contribution is -0.121. The molecule has 0 bridgehead atoms. The Balaban J connectivity index is 2.27. The van der Waals surface area contributed by atoms with Gasteiger partial charge in [-0.25, -0.2) is 4.79 Å². The molecule has 0 aromatic carbocycles. The molecule has 0 aromatic heterocycles. The molecule has 0 unspecified atom stereocenters. The molecule has 0 aromatic rings. The molecule has 5 heteroatoms. The average Bonchev–Trinajstić information content (AvgIpc) is 2.18. The predicted molar refractivity (Wildman–Crippen MR) is 71.3 cm³/mol. The summed E-state index contributed by atoms with van der Waals surface area (Å²) in [5.74, 6) is 0.514. The van der Waals surface area contributed by atoms with Crippen LogP contribution in [0, 0.1) is 5.92 Å². The molecule has 1 fully saturated rings. The summed E-state index contributed by atoms with van der Waals surface area (Å²) in [6.45, 7) is 10.1. The molecular formula is C13H25N3O2. The first-order chi connectivity index (χ1) is 8.26. The van der Waals surface area contributed by atoms with E-state index in [9.17, 15) is 9.59 Å². The van der Waals surface area contributed by atoms with Crippen LogP contribution in [-0.4, -0.2) is 42.0 Å². The second kappa shape index (κ2) is 6.18. The van der Waals surface area contributed by atoms with E-state index in [0.717, 1.165) is 31.8 Å². The standard InChI is InChI=1S/C13H25N3O2/c1-10-5-7-16(8-6-10)9-11(17)14-12(18)15-13(2,3)4/h10H,5-9H2,1-4H3,(H2,14,15,17,18). The maximum atomic E-state index is 11.7. The zero-order chi connectivity index (χ0) is 13.8. The van der Waals surface area contributed by atoms with Crippen molar-refractivity contribution in [3.05, 3.63) is 0 Å². The normalized spacial score (nSPS) is 18.4. The molecule has 0 spiro atoms. The third-order valence-corrected chi connectivity index (χ3v) is 2.98. The Morgan fingerprint density at radius 1 is 1.22 bits per heavy atom. The summed E-state index contributed by atoms with van der Waals surface area (Å²) in [7, 11) is 0. The highest BCUT2D eigenvalue weighted by atomic mass is 16.2. The summed E-state index contributed by atoms with van der Waals surface area (Å²) in [5, 5.41) is 5.07. The van der Waals surface area contributed by atoms with E-state index in [4.69, 9.17) is 0 Å². The number of carbonyl (C=O) groups is 2. The van der Waals surface area contributed by atoms with Gasteiger partial charge in [-0.15, -0.1) is 0 Å². The van der Waals surface area contributed by atoms with Crippen LogP contribution in [0.25, 0.3) is 0 Å². The minimum absolute atomic E-state index is 0.230. The second-order valence-corrected chi connectivity index (χ2v) is 6.21. The highest BCUT2D eigenvalue weighted by molar-refractivity contribution is 5.95. The van der Waals surface area contributed by atoms with Crippen LogP contribution in [0.1, 0.15) is 40.5 Å². The quantitative estimate of drug-likeness (QED) is 0.783. The van der Waals surface area contributed by atoms with E-state index in [0.29, 0.717) is 6.54 Å². The Morgan fingerprint density at radius 2 is 1.78 bits per heavy atom. The fraction of sp³-hybridized carbons (Fsp3) is 0.846. The van der Waals surface area contributed by atoms with Gasteiger partial charge in [0.15, 0.2) is 0 Å². The van der Waals surface area contributed by atoms with Crippen molar-refractivity contribution < 1.29 is 9.59 Å². The fourth-order valence-electron chi connectivity index (χ4n) is 1.96. The van der Waals surface area contributed by atoms with Crippen LogP contribution in [0.4, 0.5) is 4.79 Å². The molecule has 104 valence electrons. The summed E-state index contributed by atoms with van der Waals surface area (Å²) in [6, 6.07) is -0.419. The van der Waals surface area contributed by atoms with Crippen LogP contribution in [0.5, 0.6) is 0 Å². The van der Waals surface area contributed by atoms with Crippen LogP contribution in [0.15, 0.2) is 0 Å². The lowest BCUT2D eigenvalue weighted by Gasteiger charge is -2.29. The second-order valence-electron chi connectivity index (χ2n) is 6.21. The number of urea groups is 1. The van der Waals surface area contributed by atoms with E-state index in [1.165, 1.54) is 0 Å². The fourth-order valence-corrected chi connectivity index (χ4v) is 1.96. The van der Waals surface area contributed by atoms with Crippen molar-refractivity contribution >= 4 is 11.9 Å². The first-order valence-corrected chi connectivity index (χ1v) is 6.60. The van der Waals surface area contributed by atoms with Crippen molar-refractivity contribution in [2.75, 3.05) is 19.6 Å². The topological polar surface area (TPSA) is 61.4 Å². The molecule has 1 heterocycles. The van der Waals surface area contributed by atoms with E-state index >= 15 is 0 Å². The monoisotopic (exact) mass is 255 g/mol. The molecule has 5 nitrogen and oxygen atoms in total. The van der Waals surface area contributed by atoms with E-state index in [1.807, 2.05) is 20.8 Å². The van der Waals surface area contributed by atoms with Crippen LogP contribution in [0.3, 0.4) is 0 Å². The van der Waals surface area contributed by atoms with E-state index < -0.39 is 6.03 Å². The third-order valence-electron chi connectivity index (χ3n) is 2.98. The van der Waals surface area contributed by atoms with Crippen molar-refractivity contribution in [2.24, 2.45) is 5.92 Å². The van der Waals surface area contributed by atoms with Gasteiger partial charge in [0.05, 0.1) is 6.54 Å². The van der Waals surface area contributed by atoms with Gasteiger partial charge in [0.1, 0.15) is 0 Å². The van der Waals surface area contributed by atoms with Crippen molar-refractivity contribution in [1.82, 2.24) is 15.5 Å². The zero-order valence-electron chi connectivity index (χ0n) is 11.9. The lowest BCUT2D eigenvalue weighted by atomic mass is 9.99. The van der Waals surface area contributed by atoms with Gasteiger partial charge in [-0.05, 0) is 52.6 Å². The van der Waals surface area contributed by atoms with Crippen LogP contribution in [-0.2, 0) is 4.79 Å². The van der Waals surface area contributed by atoms with Gasteiger partial charge in [-0.3, -0.25) is 15.0 Å². The number of rotatable bonds is 2. The SMILES string of the molecule is CC1CCN(CC(=O)NC(=O)NC(C)(C)C)CC1. The van der Waals surface area contributed by atoms with E-state index in [1.54, 1.807) is 0 Å². The van der Waals surface area contributed by atoms with E-state index in [2.05, 4.69) is 22.5 Å². The maximum Gasteiger partial charge on any atom is 0.321 e. The van der Waals surface area contributed by atoms with Crippen molar-refractivity contribution in [3.63, 3.8) is 0 Å². The lowest BCUT2D eigenvalue weighted by Crippen LogP contribution is -2.50. The number of amides is 3. The van der Waals surface area contributed by atoms with Gasteiger partial charge in [-0.2, -0.15) is 0 Å². The molecule has 2 N–H and O–H groups in total. The number of carbonyl (C=O) groups excluding carboxylic acids is 2. The summed E-state index contributed by atoms with van der Waals surface area (Å²) < 4.78 is 0. The molecule has 1 aliphatic rings. The smallest absolute Gasteiger partial charge is 0.321 e. The molecule has 0 saturated carbocycles. The Labute approximate surface area is 109 Å². The number of imide groups is 1. The van der Waals surface area contributed by atoms with Gasteiger partial charge < -0.3 is 5.32 Å². The van der Waals surface area contributed by atoms with Crippen LogP contribution in [0.2, 0.25) is 0 Å². The average molecular weight is 255 g/mol. The number of nitrogens with one attached hydrogen (secondary N) is 2. The van der Waals surface area contributed by atoms with Crippen molar-refractivity contribution in [1.29, 1.82) is 0 Å². The molecule has 3 amide bonds. The van der Waals surface area contributed by atoms with Gasteiger partial charge in [0.25, 0.3) is 0 Å². The van der Waals surface area contributed by atoms with Gasteiger partial charge in [0, 0.05) is 5.54 Å². The molecule has 1 aliphatic heterocycles. The summed E-state index contributed by atoms with van der Waals surface area (Å²) >= 11 is 0. The first kappa shape index (κ1) is 15.0. The first-order valence-electron chi connectivity index (χ1n) is 6.60. The summed E-state index contributed by atoms with van der Waals surface area (Å²) in [4.78, 5) is 25.3. The molecular weight excluding hydrogens is 230 g/mol. The zero-order valence-corrected chi connectivity index (χ0v) is 11.9. The predicted octanol–water partition coefficient (Wildman–Crippen LogP) is 1.34. The Hall–Kier alpha value is -1.10. The molecule has 0 aliphatic carbocycles. The highest BCUT2D eigenvalue weighted by Crippen LogP contribution is 2.15. The molecule has 0 radical (unpaired) electrons. The Kier molecular flexibility index (Phi) is 5.14. The van der Waals surface area contributed by atoms with Gasteiger partial charge in [-0.1, -0.05) is 6.92 Å². The number of hydrogen-bond donors (Lipinski definition) is 2. The van der Waals surface area contributed by atoms with Crippen molar-refractivity contribution in [2.45, 2.75) is 46.1 Å². The third kappa shape index (κ3) is 6.00. The number of likely N-dealkylation sites (tertiary alicyclic amines) is 1.